The number of piperazine rings is 1. The van der Waals surface area contributed by atoms with E-state index in [1.54, 1.807) is 0 Å². The van der Waals surface area contributed by atoms with E-state index in [9.17, 15) is 19.8 Å². The van der Waals surface area contributed by atoms with E-state index in [1.165, 1.54) is 35.4 Å². The van der Waals surface area contributed by atoms with Gasteiger partial charge in [-0.3, -0.25) is 14.7 Å². The largest absolute Gasteiger partial charge is 0.508 e. The Bertz CT molecular complexity index is 2030. The molecule has 0 radical (unpaired) electrons. The lowest BCUT2D eigenvalue weighted by Gasteiger charge is -2.40. The first kappa shape index (κ1) is 35.0. The van der Waals surface area contributed by atoms with Crippen molar-refractivity contribution in [3.05, 3.63) is 47.7 Å². The van der Waals surface area contributed by atoms with Crippen LogP contribution < -0.4 is 9.64 Å². The number of ether oxygens (including phenoxy) is 1. The van der Waals surface area contributed by atoms with Crippen LogP contribution in [0.4, 0.5) is 19.4 Å². The fraction of sp³-hybridized carbons (Fsp3) is 0.432. The van der Waals surface area contributed by atoms with Crippen molar-refractivity contribution in [2.24, 2.45) is 0 Å². The number of fused-ring (bicyclic) bond motifs is 4. The SMILES string of the molecule is CC(C)[Si](C#Cc1c(F)ccc2cc(O)cc(-c3ncc4c(N5CC6CCC(C5)N6C(=O)O)nc(OCC=O)nc4c3F)c12)(C(C)C)C(C)C. The zero-order valence-corrected chi connectivity index (χ0v) is 30.0. The maximum absolute atomic E-state index is 16.9. The zero-order valence-electron chi connectivity index (χ0n) is 29.0. The minimum atomic E-state index is -2.29. The number of anilines is 1. The van der Waals surface area contributed by atoms with Gasteiger partial charge < -0.3 is 19.8 Å². The smallest absolute Gasteiger partial charge is 0.407 e. The average molecular weight is 702 g/mol. The lowest BCUT2D eigenvalue weighted by Crippen LogP contribution is -2.55. The van der Waals surface area contributed by atoms with Gasteiger partial charge in [-0.2, -0.15) is 9.97 Å². The third-order valence-electron chi connectivity index (χ3n) is 10.5. The highest BCUT2D eigenvalue weighted by molar-refractivity contribution is 6.90. The number of phenols is 1. The van der Waals surface area contributed by atoms with Gasteiger partial charge in [0.25, 0.3) is 0 Å². The van der Waals surface area contributed by atoms with Crippen LogP contribution in [-0.4, -0.2) is 82.3 Å². The first-order valence-corrected chi connectivity index (χ1v) is 19.2. The van der Waals surface area contributed by atoms with E-state index in [2.05, 4.69) is 68.0 Å². The molecule has 0 saturated carbocycles. The minimum absolute atomic E-state index is 0.0998. The molecule has 0 spiro atoms. The highest BCUT2D eigenvalue weighted by Gasteiger charge is 2.44. The summed E-state index contributed by atoms with van der Waals surface area (Å²) < 4.78 is 38.2. The van der Waals surface area contributed by atoms with E-state index >= 15 is 8.78 Å². The Labute approximate surface area is 290 Å². The van der Waals surface area contributed by atoms with Crippen molar-refractivity contribution in [3.8, 4) is 34.5 Å². The molecular weight excluding hydrogens is 661 g/mol. The molecule has 13 heteroatoms. The van der Waals surface area contributed by atoms with Gasteiger partial charge in [-0.15, -0.1) is 5.54 Å². The molecule has 10 nitrogen and oxygen atoms in total. The van der Waals surface area contributed by atoms with Crippen molar-refractivity contribution in [1.29, 1.82) is 0 Å². The second-order valence-electron chi connectivity index (χ2n) is 14.1. The number of hydrogen-bond donors (Lipinski definition) is 2. The zero-order chi connectivity index (χ0) is 36.1. The van der Waals surface area contributed by atoms with Crippen LogP contribution in [0.1, 0.15) is 59.9 Å². The summed E-state index contributed by atoms with van der Waals surface area (Å²) in [6.45, 7) is 13.3. The molecular formula is C37H41F2N5O5Si. The van der Waals surface area contributed by atoms with Crippen LogP contribution in [0.15, 0.2) is 30.5 Å². The number of rotatable bonds is 8. The second-order valence-corrected chi connectivity index (χ2v) is 19.7. The summed E-state index contributed by atoms with van der Waals surface area (Å²) in [5, 5.41) is 21.6. The Morgan fingerprint density at radius 1 is 1.06 bits per heavy atom. The van der Waals surface area contributed by atoms with Gasteiger partial charge in [-0.1, -0.05) is 53.5 Å². The molecule has 0 aliphatic carbocycles. The van der Waals surface area contributed by atoms with E-state index in [-0.39, 0.29) is 58.2 Å². The van der Waals surface area contributed by atoms with E-state index in [4.69, 9.17) is 4.74 Å². The molecule has 1 amide bonds. The van der Waals surface area contributed by atoms with Crippen LogP contribution in [0, 0.1) is 23.1 Å². The Morgan fingerprint density at radius 2 is 1.72 bits per heavy atom. The number of nitrogens with zero attached hydrogens (tertiary/aromatic N) is 5. The summed E-state index contributed by atoms with van der Waals surface area (Å²) in [7, 11) is -2.29. The first-order chi connectivity index (χ1) is 23.8. The van der Waals surface area contributed by atoms with Gasteiger partial charge in [0.2, 0.25) is 0 Å². The number of carbonyl (C=O) groups is 2. The highest BCUT2D eigenvalue weighted by atomic mass is 28.3. The Kier molecular flexibility index (Phi) is 9.43. The van der Waals surface area contributed by atoms with E-state index in [0.717, 1.165) is 0 Å². The number of phenolic OH excluding ortho intramolecular Hbond substituents is 1. The standard InChI is InChI=1S/C37H41F2N5O5Si/c1-20(2)50(21(3)4,22(5)6)14-11-27-30(38)10-7-23-15-26(46)16-28(31(23)27)33-32(39)34-29(17-40-33)35(42-36(41-34)49-13-12-45)43-18-24-8-9-25(19-43)44(24)37(47)48/h7,10,12,15-17,20-22,24-25,46H,8-9,13,18-19H2,1-6H3,(H,47,48). The van der Waals surface area contributed by atoms with Crippen molar-refractivity contribution < 1.29 is 33.3 Å². The lowest BCUT2D eigenvalue weighted by atomic mass is 9.96. The molecule has 6 rings (SSSR count). The summed E-state index contributed by atoms with van der Waals surface area (Å²) in [4.78, 5) is 39.8. The summed E-state index contributed by atoms with van der Waals surface area (Å²) in [6.07, 6.45) is 2.33. The molecule has 2 N–H and O–H groups in total. The lowest BCUT2D eigenvalue weighted by molar-refractivity contribution is -0.109. The van der Waals surface area contributed by atoms with E-state index in [0.29, 0.717) is 65.4 Å². The summed E-state index contributed by atoms with van der Waals surface area (Å²) in [6, 6.07) is 4.87. The maximum atomic E-state index is 16.9. The Balaban J connectivity index is 1.56. The number of carbonyl (C=O) groups excluding carboxylic acids is 1. The van der Waals surface area contributed by atoms with E-state index < -0.39 is 25.8 Å². The number of halogens is 2. The van der Waals surface area contributed by atoms with Crippen LogP contribution in [0.3, 0.4) is 0 Å². The summed E-state index contributed by atoms with van der Waals surface area (Å²) >= 11 is 0. The summed E-state index contributed by atoms with van der Waals surface area (Å²) in [5.74, 6) is 1.91. The van der Waals surface area contributed by atoms with Gasteiger partial charge in [-0.25, -0.2) is 13.6 Å². The molecule has 262 valence electrons. The number of carboxylic acid groups (broad SMARTS) is 1. The normalized spacial score (nSPS) is 17.6. The molecule has 2 saturated heterocycles. The Morgan fingerprint density at radius 3 is 2.32 bits per heavy atom. The fourth-order valence-electron chi connectivity index (χ4n) is 8.35. The topological polar surface area (TPSA) is 129 Å². The van der Waals surface area contributed by atoms with E-state index in [1.807, 2.05) is 4.90 Å². The van der Waals surface area contributed by atoms with Crippen LogP contribution in [0.2, 0.25) is 16.6 Å². The highest BCUT2D eigenvalue weighted by Crippen LogP contribution is 2.43. The predicted octanol–water partition coefficient (Wildman–Crippen LogP) is 7.31. The third kappa shape index (κ3) is 5.89. The minimum Gasteiger partial charge on any atom is -0.508 e. The number of pyridine rings is 1. The van der Waals surface area contributed by atoms with Crippen molar-refractivity contribution in [2.45, 2.75) is 83.1 Å². The third-order valence-corrected chi connectivity index (χ3v) is 16.8. The van der Waals surface area contributed by atoms with Gasteiger partial charge in [0.1, 0.15) is 43.3 Å². The molecule has 2 atom stereocenters. The van der Waals surface area contributed by atoms with Crippen molar-refractivity contribution in [1.82, 2.24) is 19.9 Å². The van der Waals surface area contributed by atoms with Crippen LogP contribution >= 0.6 is 0 Å². The summed E-state index contributed by atoms with van der Waals surface area (Å²) in [5.41, 5.74) is 4.35. The van der Waals surface area contributed by atoms with Gasteiger partial charge in [0.15, 0.2) is 12.1 Å². The quantitative estimate of drug-likeness (QED) is 0.110. The van der Waals surface area contributed by atoms with Crippen LogP contribution in [-0.2, 0) is 4.79 Å². The van der Waals surface area contributed by atoms with Gasteiger partial charge in [0, 0.05) is 30.2 Å². The Hall–Kier alpha value is -4.83. The molecule has 4 aromatic rings. The van der Waals surface area contributed by atoms with Crippen molar-refractivity contribution in [2.75, 3.05) is 24.6 Å². The molecule has 2 aromatic heterocycles. The van der Waals surface area contributed by atoms with Crippen LogP contribution in [0.5, 0.6) is 11.8 Å². The molecule has 2 unspecified atom stereocenters. The molecule has 50 heavy (non-hydrogen) atoms. The number of aromatic hydroxyl groups is 1. The maximum Gasteiger partial charge on any atom is 0.407 e. The van der Waals surface area contributed by atoms with Gasteiger partial charge in [0.05, 0.1) is 23.0 Å². The fourth-order valence-corrected chi connectivity index (χ4v) is 13.6. The molecule has 2 bridgehead atoms. The van der Waals surface area contributed by atoms with Crippen LogP contribution in [0.25, 0.3) is 32.9 Å². The number of benzene rings is 2. The average Bonchev–Trinajstić information content (AvgIpc) is 3.33. The molecule has 2 aliphatic heterocycles. The second kappa shape index (κ2) is 13.5. The van der Waals surface area contributed by atoms with Gasteiger partial charge in [-0.05, 0) is 53.1 Å². The number of amides is 1. The molecule has 2 aliphatic rings. The predicted molar refractivity (Wildman–Crippen MR) is 190 cm³/mol. The van der Waals surface area contributed by atoms with Gasteiger partial charge >= 0.3 is 12.1 Å². The number of aldehydes is 1. The van der Waals surface area contributed by atoms with Crippen molar-refractivity contribution in [3.63, 3.8) is 0 Å². The molecule has 4 heterocycles. The molecule has 2 aromatic carbocycles. The monoisotopic (exact) mass is 701 g/mol. The number of hydrogen-bond acceptors (Lipinski definition) is 8. The first-order valence-electron chi connectivity index (χ1n) is 17.0. The van der Waals surface area contributed by atoms with Crippen molar-refractivity contribution >= 4 is 47.9 Å². The molecule has 2 fully saturated rings. The number of aromatic nitrogens is 3.